The number of imidazole rings is 1. The molecule has 2 aromatic rings. The minimum Gasteiger partial charge on any atom is -0.335 e. The molecule has 6 nitrogen and oxygen atoms in total. The summed E-state index contributed by atoms with van der Waals surface area (Å²) in [7, 11) is -3.54. The van der Waals surface area contributed by atoms with E-state index in [9.17, 15) is 8.42 Å². The Kier molecular flexibility index (Phi) is 3.96. The van der Waals surface area contributed by atoms with Gasteiger partial charge < -0.3 is 4.98 Å². The third kappa shape index (κ3) is 2.99. The van der Waals surface area contributed by atoms with E-state index in [1.165, 1.54) is 16.8 Å². The summed E-state index contributed by atoms with van der Waals surface area (Å²) in [5.41, 5.74) is 1.59. The highest BCUT2D eigenvalue weighted by molar-refractivity contribution is 7.89. The van der Waals surface area contributed by atoms with Gasteiger partial charge in [0.25, 0.3) is 10.0 Å². The maximum atomic E-state index is 12.3. The van der Waals surface area contributed by atoms with Crippen molar-refractivity contribution in [2.45, 2.75) is 25.4 Å². The molecule has 0 bridgehead atoms. The SMILES string of the molecule is CCN(Cc1cccc(C)n1)S(=O)(=O)c1cnc[nH]1. The number of rotatable bonds is 5. The molecular weight excluding hydrogens is 264 g/mol. The Bertz CT molecular complexity index is 638. The third-order valence-corrected chi connectivity index (χ3v) is 4.57. The standard InChI is InChI=1S/C12H16N4O2S/c1-3-16(8-11-6-4-5-10(2)15-11)19(17,18)12-7-13-9-14-12/h4-7,9H,3,8H2,1-2H3,(H,13,14). The predicted octanol–water partition coefficient (Wildman–Crippen LogP) is 1.32. The number of hydrogen-bond donors (Lipinski definition) is 1. The highest BCUT2D eigenvalue weighted by atomic mass is 32.2. The normalized spacial score (nSPS) is 11.9. The molecule has 0 aromatic carbocycles. The molecular formula is C12H16N4O2S. The van der Waals surface area contributed by atoms with Crippen LogP contribution in [-0.2, 0) is 16.6 Å². The number of aromatic nitrogens is 3. The lowest BCUT2D eigenvalue weighted by molar-refractivity contribution is 0.417. The Morgan fingerprint density at radius 3 is 2.74 bits per heavy atom. The number of hydrogen-bond acceptors (Lipinski definition) is 4. The molecule has 7 heteroatoms. The number of nitrogens with zero attached hydrogens (tertiary/aromatic N) is 3. The van der Waals surface area contributed by atoms with Crippen molar-refractivity contribution in [2.24, 2.45) is 0 Å². The first-order valence-corrected chi connectivity index (χ1v) is 7.39. The van der Waals surface area contributed by atoms with Crippen molar-refractivity contribution < 1.29 is 8.42 Å². The summed E-state index contributed by atoms with van der Waals surface area (Å²) in [5, 5.41) is 0.0991. The Balaban J connectivity index is 2.26. The third-order valence-electron chi connectivity index (χ3n) is 2.73. The van der Waals surface area contributed by atoms with Gasteiger partial charge in [-0.15, -0.1) is 0 Å². The molecule has 0 radical (unpaired) electrons. The Labute approximate surface area is 112 Å². The van der Waals surface area contributed by atoms with Gasteiger partial charge in [-0.2, -0.15) is 4.31 Å². The lowest BCUT2D eigenvalue weighted by atomic mass is 10.3. The van der Waals surface area contributed by atoms with Gasteiger partial charge in [0, 0.05) is 12.2 Å². The zero-order valence-electron chi connectivity index (χ0n) is 10.9. The van der Waals surface area contributed by atoms with Crippen LogP contribution in [0.5, 0.6) is 0 Å². The van der Waals surface area contributed by atoms with E-state index in [-0.39, 0.29) is 11.6 Å². The molecule has 2 aromatic heterocycles. The minimum absolute atomic E-state index is 0.0991. The minimum atomic E-state index is -3.54. The molecule has 0 unspecified atom stereocenters. The first-order chi connectivity index (χ1) is 9.04. The Hall–Kier alpha value is -1.73. The monoisotopic (exact) mass is 280 g/mol. The van der Waals surface area contributed by atoms with E-state index in [0.29, 0.717) is 6.54 Å². The van der Waals surface area contributed by atoms with Gasteiger partial charge in [-0.25, -0.2) is 13.4 Å². The topological polar surface area (TPSA) is 79.0 Å². The van der Waals surface area contributed by atoms with Crippen molar-refractivity contribution in [1.29, 1.82) is 0 Å². The fourth-order valence-corrected chi connectivity index (χ4v) is 3.07. The highest BCUT2D eigenvalue weighted by Crippen LogP contribution is 2.14. The molecule has 0 saturated carbocycles. The molecule has 0 aliphatic rings. The first-order valence-electron chi connectivity index (χ1n) is 5.95. The van der Waals surface area contributed by atoms with Gasteiger partial charge in [-0.05, 0) is 19.1 Å². The predicted molar refractivity (Wildman–Crippen MR) is 70.8 cm³/mol. The van der Waals surface area contributed by atoms with Crippen molar-refractivity contribution in [2.75, 3.05) is 6.54 Å². The zero-order chi connectivity index (χ0) is 13.9. The van der Waals surface area contributed by atoms with E-state index in [2.05, 4.69) is 15.0 Å². The number of aromatic amines is 1. The van der Waals surface area contributed by atoms with Crippen LogP contribution in [0.4, 0.5) is 0 Å². The first kappa shape index (κ1) is 13.7. The smallest absolute Gasteiger partial charge is 0.260 e. The van der Waals surface area contributed by atoms with Crippen molar-refractivity contribution in [1.82, 2.24) is 19.3 Å². The van der Waals surface area contributed by atoms with Crippen molar-refractivity contribution in [3.63, 3.8) is 0 Å². The number of sulfonamides is 1. The second-order valence-electron chi connectivity index (χ2n) is 4.12. The van der Waals surface area contributed by atoms with Gasteiger partial charge in [-0.1, -0.05) is 13.0 Å². The van der Waals surface area contributed by atoms with E-state index in [1.807, 2.05) is 25.1 Å². The summed E-state index contributed by atoms with van der Waals surface area (Å²) in [6.45, 7) is 4.30. The number of nitrogens with one attached hydrogen (secondary N) is 1. The van der Waals surface area contributed by atoms with E-state index >= 15 is 0 Å². The van der Waals surface area contributed by atoms with Gasteiger partial charge in [0.1, 0.15) is 0 Å². The molecule has 0 fully saturated rings. The Morgan fingerprint density at radius 1 is 1.37 bits per heavy atom. The molecule has 0 atom stereocenters. The fourth-order valence-electron chi connectivity index (χ4n) is 1.76. The number of H-pyrrole nitrogens is 1. The van der Waals surface area contributed by atoms with Gasteiger partial charge in [-0.3, -0.25) is 4.98 Å². The molecule has 102 valence electrons. The summed E-state index contributed by atoms with van der Waals surface area (Å²) in [4.78, 5) is 10.7. The van der Waals surface area contributed by atoms with Gasteiger partial charge in [0.15, 0.2) is 5.03 Å². The van der Waals surface area contributed by atoms with E-state index in [4.69, 9.17) is 0 Å². The van der Waals surface area contributed by atoms with Crippen LogP contribution in [0.15, 0.2) is 35.7 Å². The molecule has 0 aliphatic carbocycles. The number of pyridine rings is 1. The summed E-state index contributed by atoms with van der Waals surface area (Å²) in [6, 6.07) is 5.57. The Morgan fingerprint density at radius 2 is 2.16 bits per heavy atom. The lowest BCUT2D eigenvalue weighted by Gasteiger charge is -2.19. The van der Waals surface area contributed by atoms with E-state index in [1.54, 1.807) is 6.92 Å². The quantitative estimate of drug-likeness (QED) is 0.896. The van der Waals surface area contributed by atoms with Crippen LogP contribution < -0.4 is 0 Å². The average Bonchev–Trinajstić information content (AvgIpc) is 2.90. The molecule has 0 aliphatic heterocycles. The molecule has 0 spiro atoms. The molecule has 0 saturated heterocycles. The summed E-state index contributed by atoms with van der Waals surface area (Å²) < 4.78 is 26.0. The van der Waals surface area contributed by atoms with Crippen molar-refractivity contribution in [3.05, 3.63) is 42.1 Å². The summed E-state index contributed by atoms with van der Waals surface area (Å²) in [5.74, 6) is 0. The largest absolute Gasteiger partial charge is 0.335 e. The van der Waals surface area contributed by atoms with E-state index < -0.39 is 10.0 Å². The highest BCUT2D eigenvalue weighted by Gasteiger charge is 2.24. The molecule has 2 heterocycles. The van der Waals surface area contributed by atoms with Crippen LogP contribution in [0.2, 0.25) is 0 Å². The fraction of sp³-hybridized carbons (Fsp3) is 0.333. The van der Waals surface area contributed by atoms with Crippen LogP contribution in [-0.4, -0.2) is 34.2 Å². The number of aryl methyl sites for hydroxylation is 1. The lowest BCUT2D eigenvalue weighted by Crippen LogP contribution is -2.31. The van der Waals surface area contributed by atoms with Crippen LogP contribution in [0.3, 0.4) is 0 Å². The molecule has 2 rings (SSSR count). The van der Waals surface area contributed by atoms with Crippen molar-refractivity contribution >= 4 is 10.0 Å². The van der Waals surface area contributed by atoms with Crippen LogP contribution in [0.1, 0.15) is 18.3 Å². The average molecular weight is 280 g/mol. The molecule has 0 amide bonds. The zero-order valence-corrected chi connectivity index (χ0v) is 11.7. The summed E-state index contributed by atoms with van der Waals surface area (Å²) in [6.07, 6.45) is 2.66. The van der Waals surface area contributed by atoms with Crippen LogP contribution >= 0.6 is 0 Å². The second-order valence-corrected chi connectivity index (χ2v) is 6.02. The van der Waals surface area contributed by atoms with Crippen molar-refractivity contribution in [3.8, 4) is 0 Å². The van der Waals surface area contributed by atoms with E-state index in [0.717, 1.165) is 11.4 Å². The molecule has 19 heavy (non-hydrogen) atoms. The maximum Gasteiger partial charge on any atom is 0.260 e. The van der Waals surface area contributed by atoms with Gasteiger partial charge >= 0.3 is 0 Å². The molecule has 1 N–H and O–H groups in total. The second kappa shape index (κ2) is 5.50. The van der Waals surface area contributed by atoms with Gasteiger partial charge in [0.2, 0.25) is 0 Å². The van der Waals surface area contributed by atoms with Crippen LogP contribution in [0, 0.1) is 6.92 Å². The van der Waals surface area contributed by atoms with Gasteiger partial charge in [0.05, 0.1) is 24.8 Å². The van der Waals surface area contributed by atoms with Crippen LogP contribution in [0.25, 0.3) is 0 Å². The summed E-state index contributed by atoms with van der Waals surface area (Å²) >= 11 is 0. The maximum absolute atomic E-state index is 12.3.